The predicted molar refractivity (Wildman–Crippen MR) is 145 cm³/mol. The summed E-state index contributed by atoms with van der Waals surface area (Å²) in [4.78, 5) is 24.2. The molecule has 0 saturated carbocycles. The molecule has 216 valence electrons. The van der Waals surface area contributed by atoms with Crippen LogP contribution in [0.25, 0.3) is 0 Å². The summed E-state index contributed by atoms with van der Waals surface area (Å²) in [6.45, 7) is 12.7. The SMILES string of the molecule is CC[C@H](O)[C@@H](C)[C@H]1O[C@@H]1C[C@H](C)/C=C/C=C(\C)[C@H]1OC(=O)C[C@H](O)CC[C@@](C)(O)[C@@H](OC(C)=O)/C=C/[C@@H]1C. The number of aliphatic hydroxyl groups excluding tert-OH is 2. The zero-order valence-corrected chi connectivity index (χ0v) is 24.0. The van der Waals surface area contributed by atoms with Gasteiger partial charge < -0.3 is 29.5 Å². The Bertz CT molecular complexity index is 875. The van der Waals surface area contributed by atoms with E-state index in [0.29, 0.717) is 0 Å². The van der Waals surface area contributed by atoms with Crippen molar-refractivity contribution in [1.29, 1.82) is 0 Å². The number of rotatable bonds is 9. The second-order valence-corrected chi connectivity index (χ2v) is 11.4. The van der Waals surface area contributed by atoms with Crippen molar-refractivity contribution in [1.82, 2.24) is 0 Å². The third-order valence-electron chi connectivity index (χ3n) is 7.63. The Labute approximate surface area is 227 Å². The number of ether oxygens (including phenoxy) is 3. The molecule has 0 aromatic rings. The van der Waals surface area contributed by atoms with Gasteiger partial charge in [-0.25, -0.2) is 0 Å². The Morgan fingerprint density at radius 2 is 1.97 bits per heavy atom. The average molecular weight is 537 g/mol. The third-order valence-corrected chi connectivity index (χ3v) is 7.63. The minimum atomic E-state index is -1.40. The Morgan fingerprint density at radius 1 is 1.29 bits per heavy atom. The van der Waals surface area contributed by atoms with Crippen LogP contribution in [0, 0.1) is 17.8 Å². The van der Waals surface area contributed by atoms with Crippen molar-refractivity contribution in [3.63, 3.8) is 0 Å². The fraction of sp³-hybridized carbons (Fsp3) is 0.733. The number of allylic oxidation sites excluding steroid dienone is 3. The molecule has 2 heterocycles. The number of carbonyl (C=O) groups excluding carboxylic acids is 2. The van der Waals surface area contributed by atoms with Gasteiger partial charge in [-0.3, -0.25) is 9.59 Å². The molecular weight excluding hydrogens is 488 g/mol. The Hall–Kier alpha value is -2.00. The van der Waals surface area contributed by atoms with Crippen LogP contribution in [-0.2, 0) is 23.8 Å². The molecular formula is C30H48O8. The number of carbonyl (C=O) groups is 2. The zero-order valence-electron chi connectivity index (χ0n) is 24.0. The number of hydrogen-bond donors (Lipinski definition) is 3. The van der Waals surface area contributed by atoms with Crippen molar-refractivity contribution in [2.24, 2.45) is 17.8 Å². The first-order valence-electron chi connectivity index (χ1n) is 13.9. The van der Waals surface area contributed by atoms with Gasteiger partial charge in [0.05, 0.1) is 30.8 Å². The Morgan fingerprint density at radius 3 is 2.61 bits per heavy atom. The van der Waals surface area contributed by atoms with Gasteiger partial charge in [-0.15, -0.1) is 0 Å². The maximum atomic E-state index is 12.6. The molecule has 0 aliphatic carbocycles. The topological polar surface area (TPSA) is 126 Å². The predicted octanol–water partition coefficient (Wildman–Crippen LogP) is 4.02. The molecule has 1 saturated heterocycles. The van der Waals surface area contributed by atoms with E-state index < -0.39 is 35.9 Å². The van der Waals surface area contributed by atoms with Gasteiger partial charge in [-0.2, -0.15) is 0 Å². The van der Waals surface area contributed by atoms with Crippen LogP contribution in [-0.4, -0.2) is 69.5 Å². The van der Waals surface area contributed by atoms with Gasteiger partial charge in [0, 0.05) is 18.8 Å². The van der Waals surface area contributed by atoms with E-state index in [1.807, 2.05) is 39.8 Å². The number of hydrogen-bond acceptors (Lipinski definition) is 8. The van der Waals surface area contributed by atoms with E-state index in [-0.39, 0.29) is 55.3 Å². The first-order valence-corrected chi connectivity index (χ1v) is 13.9. The van der Waals surface area contributed by atoms with E-state index >= 15 is 0 Å². The minimum Gasteiger partial charge on any atom is -0.457 e. The molecule has 1 fully saturated rings. The molecule has 2 aliphatic heterocycles. The van der Waals surface area contributed by atoms with Crippen molar-refractivity contribution in [2.75, 3.05) is 0 Å². The lowest BCUT2D eigenvalue weighted by Crippen LogP contribution is -2.42. The monoisotopic (exact) mass is 536 g/mol. The largest absolute Gasteiger partial charge is 0.457 e. The van der Waals surface area contributed by atoms with E-state index in [1.54, 1.807) is 19.1 Å². The van der Waals surface area contributed by atoms with Crippen molar-refractivity contribution in [3.8, 4) is 0 Å². The van der Waals surface area contributed by atoms with Gasteiger partial charge in [0.2, 0.25) is 0 Å². The van der Waals surface area contributed by atoms with Crippen LogP contribution >= 0.6 is 0 Å². The second-order valence-electron chi connectivity index (χ2n) is 11.4. The lowest BCUT2D eigenvalue weighted by Gasteiger charge is -2.32. The minimum absolute atomic E-state index is 0.105. The lowest BCUT2D eigenvalue weighted by molar-refractivity contribution is -0.157. The Balaban J connectivity index is 2.12. The molecule has 0 bridgehead atoms. The van der Waals surface area contributed by atoms with Crippen molar-refractivity contribution >= 4 is 11.9 Å². The molecule has 0 radical (unpaired) electrons. The molecule has 0 aromatic heterocycles. The van der Waals surface area contributed by atoms with E-state index in [4.69, 9.17) is 14.2 Å². The molecule has 3 N–H and O–H groups in total. The highest BCUT2D eigenvalue weighted by Gasteiger charge is 2.45. The smallest absolute Gasteiger partial charge is 0.309 e. The van der Waals surface area contributed by atoms with Gasteiger partial charge in [0.15, 0.2) is 0 Å². The molecule has 38 heavy (non-hydrogen) atoms. The van der Waals surface area contributed by atoms with Gasteiger partial charge in [-0.05, 0) is 57.1 Å². The highest BCUT2D eigenvalue weighted by molar-refractivity contribution is 5.70. The van der Waals surface area contributed by atoms with Crippen molar-refractivity contribution < 1.29 is 39.1 Å². The van der Waals surface area contributed by atoms with Gasteiger partial charge in [0.25, 0.3) is 0 Å². The molecule has 8 nitrogen and oxygen atoms in total. The van der Waals surface area contributed by atoms with Crippen molar-refractivity contribution in [3.05, 3.63) is 36.0 Å². The summed E-state index contributed by atoms with van der Waals surface area (Å²) in [7, 11) is 0. The number of cyclic esters (lactones) is 1. The Kier molecular flexibility index (Phi) is 12.2. The summed E-state index contributed by atoms with van der Waals surface area (Å²) >= 11 is 0. The highest BCUT2D eigenvalue weighted by Crippen LogP contribution is 2.36. The first-order chi connectivity index (χ1) is 17.7. The summed E-state index contributed by atoms with van der Waals surface area (Å²) < 4.78 is 16.9. The van der Waals surface area contributed by atoms with Gasteiger partial charge in [0.1, 0.15) is 17.8 Å². The normalized spacial score (nSPS) is 36.4. The fourth-order valence-corrected chi connectivity index (χ4v) is 4.97. The van der Waals surface area contributed by atoms with Gasteiger partial charge in [-0.1, -0.05) is 52.0 Å². The van der Waals surface area contributed by atoms with Crippen LogP contribution in [0.3, 0.4) is 0 Å². The summed E-state index contributed by atoms with van der Waals surface area (Å²) in [5, 5.41) is 31.3. The van der Waals surface area contributed by atoms with E-state index in [9.17, 15) is 24.9 Å². The van der Waals surface area contributed by atoms with Crippen LogP contribution in [0.1, 0.15) is 80.6 Å². The number of esters is 2. The van der Waals surface area contributed by atoms with Crippen LogP contribution in [0.5, 0.6) is 0 Å². The number of epoxide rings is 1. The molecule has 0 unspecified atom stereocenters. The second kappa shape index (κ2) is 14.4. The average Bonchev–Trinajstić information content (AvgIpc) is 3.60. The fourth-order valence-electron chi connectivity index (χ4n) is 4.97. The van der Waals surface area contributed by atoms with Crippen LogP contribution in [0.15, 0.2) is 36.0 Å². The standard InChI is InChI=1S/C30H48O8/c1-8-24(33)21(5)29-25(37-29)16-18(2)10-9-11-19(3)28-20(4)12-13-26(36-22(6)31)30(7,35)15-14-23(32)17-27(34)38-28/h9-13,18,20-21,23-26,28-29,32-33,35H,8,14-17H2,1-7H3/b10-9+,13-12+,19-11+/t18-,20+,21-,23-,24+,25-,26+,28-,29-,30-/m1/s1. The highest BCUT2D eigenvalue weighted by atomic mass is 16.6. The van der Waals surface area contributed by atoms with Crippen LogP contribution < -0.4 is 0 Å². The molecule has 2 aliphatic rings. The maximum Gasteiger partial charge on any atom is 0.309 e. The zero-order chi connectivity index (χ0) is 28.6. The molecule has 0 spiro atoms. The maximum absolute atomic E-state index is 12.6. The van der Waals surface area contributed by atoms with Crippen molar-refractivity contribution in [2.45, 2.75) is 123 Å². The molecule has 0 aromatic carbocycles. The molecule has 10 atom stereocenters. The van der Waals surface area contributed by atoms with Gasteiger partial charge >= 0.3 is 11.9 Å². The summed E-state index contributed by atoms with van der Waals surface area (Å²) in [6, 6.07) is 0. The van der Waals surface area contributed by atoms with E-state index in [1.165, 1.54) is 6.92 Å². The van der Waals surface area contributed by atoms with E-state index in [2.05, 4.69) is 13.0 Å². The summed E-state index contributed by atoms with van der Waals surface area (Å²) in [5.41, 5.74) is -0.580. The van der Waals surface area contributed by atoms with E-state index in [0.717, 1.165) is 18.4 Å². The third kappa shape index (κ3) is 9.95. The molecule has 0 amide bonds. The van der Waals surface area contributed by atoms with Crippen LogP contribution in [0.2, 0.25) is 0 Å². The summed E-state index contributed by atoms with van der Waals surface area (Å²) in [6.07, 6.45) is 8.50. The number of aliphatic hydroxyl groups is 3. The molecule has 2 rings (SSSR count). The quantitative estimate of drug-likeness (QED) is 0.175. The summed E-state index contributed by atoms with van der Waals surface area (Å²) in [5.74, 6) is -0.921. The lowest BCUT2D eigenvalue weighted by atomic mass is 9.88. The van der Waals surface area contributed by atoms with Crippen LogP contribution in [0.4, 0.5) is 0 Å². The first kappa shape index (κ1) is 32.2. The molecule has 8 heteroatoms.